The summed E-state index contributed by atoms with van der Waals surface area (Å²) in [4.78, 5) is 11.0. The van der Waals surface area contributed by atoms with E-state index in [9.17, 15) is 13.2 Å². The molecule has 0 saturated heterocycles. The Morgan fingerprint density at radius 2 is 2.04 bits per heavy atom. The number of nitrogens with one attached hydrogen (secondary N) is 1. The van der Waals surface area contributed by atoms with Crippen LogP contribution in [0.2, 0.25) is 0 Å². The fraction of sp³-hybridized carbons (Fsp3) is 0.444. The SMILES string of the molecule is CCc1cc(N2CCc3cc(OC(F)(F)F)ccc3C2)nc(NCCO)n1. The Morgan fingerprint density at radius 3 is 2.74 bits per heavy atom. The van der Waals surface area contributed by atoms with Crippen LogP contribution in [-0.4, -0.2) is 41.1 Å². The van der Waals surface area contributed by atoms with Crippen LogP contribution in [0.5, 0.6) is 5.75 Å². The molecule has 2 aromatic rings. The topological polar surface area (TPSA) is 70.5 Å². The Morgan fingerprint density at radius 1 is 1.22 bits per heavy atom. The van der Waals surface area contributed by atoms with Crippen molar-refractivity contribution in [1.29, 1.82) is 0 Å². The summed E-state index contributed by atoms with van der Waals surface area (Å²) < 4.78 is 41.2. The summed E-state index contributed by atoms with van der Waals surface area (Å²) in [6.07, 6.45) is -3.36. The first-order valence-electron chi connectivity index (χ1n) is 8.73. The van der Waals surface area contributed by atoms with Crippen LogP contribution in [0.1, 0.15) is 23.7 Å². The summed E-state index contributed by atoms with van der Waals surface area (Å²) in [5.41, 5.74) is 2.66. The van der Waals surface area contributed by atoms with Gasteiger partial charge in [0.05, 0.1) is 6.61 Å². The van der Waals surface area contributed by atoms with Gasteiger partial charge in [0.25, 0.3) is 0 Å². The molecule has 0 fully saturated rings. The highest BCUT2D eigenvalue weighted by atomic mass is 19.4. The number of hydrogen-bond acceptors (Lipinski definition) is 6. The van der Waals surface area contributed by atoms with Crippen molar-refractivity contribution in [2.45, 2.75) is 32.7 Å². The zero-order valence-corrected chi connectivity index (χ0v) is 14.9. The third-order valence-corrected chi connectivity index (χ3v) is 4.27. The lowest BCUT2D eigenvalue weighted by Gasteiger charge is -2.30. The summed E-state index contributed by atoms with van der Waals surface area (Å²) >= 11 is 0. The zero-order valence-electron chi connectivity index (χ0n) is 14.9. The number of aliphatic hydroxyl groups excluding tert-OH is 1. The number of alkyl halides is 3. The molecular formula is C18H21F3N4O2. The van der Waals surface area contributed by atoms with E-state index in [1.54, 1.807) is 6.07 Å². The highest BCUT2D eigenvalue weighted by Crippen LogP contribution is 2.29. The number of anilines is 2. The molecule has 146 valence electrons. The van der Waals surface area contributed by atoms with E-state index >= 15 is 0 Å². The van der Waals surface area contributed by atoms with Crippen molar-refractivity contribution in [3.63, 3.8) is 0 Å². The second-order valence-electron chi connectivity index (χ2n) is 6.19. The molecule has 0 spiro atoms. The molecule has 1 aromatic heterocycles. The van der Waals surface area contributed by atoms with Gasteiger partial charge in [-0.2, -0.15) is 4.98 Å². The highest BCUT2D eigenvalue weighted by Gasteiger charge is 2.31. The Balaban J connectivity index is 1.79. The maximum absolute atomic E-state index is 12.4. The molecule has 0 aliphatic carbocycles. The Labute approximate surface area is 155 Å². The molecule has 1 aromatic carbocycles. The van der Waals surface area contributed by atoms with Gasteiger partial charge in [0.1, 0.15) is 11.6 Å². The maximum atomic E-state index is 12.4. The molecule has 0 saturated carbocycles. The van der Waals surface area contributed by atoms with Gasteiger partial charge < -0.3 is 20.1 Å². The van der Waals surface area contributed by atoms with E-state index in [4.69, 9.17) is 5.11 Å². The Bertz CT molecular complexity index is 799. The lowest BCUT2D eigenvalue weighted by Crippen LogP contribution is -2.31. The van der Waals surface area contributed by atoms with Crippen LogP contribution in [0.3, 0.4) is 0 Å². The van der Waals surface area contributed by atoms with Gasteiger partial charge in [-0.1, -0.05) is 13.0 Å². The van der Waals surface area contributed by atoms with Crippen molar-refractivity contribution in [2.24, 2.45) is 0 Å². The Kier molecular flexibility index (Phi) is 5.69. The van der Waals surface area contributed by atoms with E-state index in [1.807, 2.05) is 13.0 Å². The van der Waals surface area contributed by atoms with Gasteiger partial charge in [0.2, 0.25) is 5.95 Å². The van der Waals surface area contributed by atoms with Crippen LogP contribution >= 0.6 is 0 Å². The smallest absolute Gasteiger partial charge is 0.406 e. The van der Waals surface area contributed by atoms with Crippen LogP contribution in [0.4, 0.5) is 24.9 Å². The summed E-state index contributed by atoms with van der Waals surface area (Å²) in [5.74, 6) is 1.02. The fourth-order valence-electron chi connectivity index (χ4n) is 3.00. The molecule has 2 heterocycles. The number of fused-ring (bicyclic) bond motifs is 1. The van der Waals surface area contributed by atoms with E-state index in [1.165, 1.54) is 12.1 Å². The van der Waals surface area contributed by atoms with Crippen LogP contribution in [-0.2, 0) is 19.4 Å². The van der Waals surface area contributed by atoms with Gasteiger partial charge in [-0.25, -0.2) is 4.98 Å². The number of aryl methyl sites for hydroxylation is 1. The second-order valence-corrected chi connectivity index (χ2v) is 6.19. The van der Waals surface area contributed by atoms with Crippen molar-refractivity contribution >= 4 is 11.8 Å². The highest BCUT2D eigenvalue weighted by molar-refractivity contribution is 5.49. The third-order valence-electron chi connectivity index (χ3n) is 4.27. The van der Waals surface area contributed by atoms with Crippen LogP contribution in [0.25, 0.3) is 0 Å². The molecule has 6 nitrogen and oxygen atoms in total. The fourth-order valence-corrected chi connectivity index (χ4v) is 3.00. The summed E-state index contributed by atoms with van der Waals surface area (Å²) in [6.45, 7) is 3.50. The molecule has 27 heavy (non-hydrogen) atoms. The van der Waals surface area contributed by atoms with Gasteiger partial charge in [0.15, 0.2) is 0 Å². The van der Waals surface area contributed by atoms with Crippen LogP contribution in [0.15, 0.2) is 24.3 Å². The minimum Gasteiger partial charge on any atom is -0.406 e. The molecule has 0 bridgehead atoms. The van der Waals surface area contributed by atoms with Crippen molar-refractivity contribution in [3.8, 4) is 5.75 Å². The average molecular weight is 382 g/mol. The molecule has 0 amide bonds. The standard InChI is InChI=1S/C18H21F3N4O2/c1-2-14-10-16(24-17(23-14)22-6-8-26)25-7-5-12-9-15(27-18(19,20)21)4-3-13(12)11-25/h3-4,9-10,26H,2,5-8,11H2,1H3,(H,22,23,24). The third kappa shape index (κ3) is 5.00. The first-order chi connectivity index (χ1) is 12.9. The summed E-state index contributed by atoms with van der Waals surface area (Å²) in [5, 5.41) is 11.9. The second kappa shape index (κ2) is 7.99. The number of nitrogens with zero attached hydrogens (tertiary/aromatic N) is 3. The number of ether oxygens (including phenoxy) is 1. The molecule has 0 atom stereocenters. The lowest BCUT2D eigenvalue weighted by molar-refractivity contribution is -0.274. The number of aromatic nitrogens is 2. The van der Waals surface area contributed by atoms with Crippen molar-refractivity contribution in [2.75, 3.05) is 29.9 Å². The van der Waals surface area contributed by atoms with Gasteiger partial charge in [-0.05, 0) is 36.1 Å². The predicted octanol–water partition coefficient (Wildman–Crippen LogP) is 2.90. The molecule has 3 rings (SSSR count). The predicted molar refractivity (Wildman–Crippen MR) is 94.9 cm³/mol. The van der Waals surface area contributed by atoms with E-state index in [0.717, 1.165) is 29.1 Å². The monoisotopic (exact) mass is 382 g/mol. The average Bonchev–Trinajstić information content (AvgIpc) is 2.64. The molecule has 0 unspecified atom stereocenters. The largest absolute Gasteiger partial charge is 0.573 e. The molecule has 0 radical (unpaired) electrons. The minimum atomic E-state index is -4.69. The molecular weight excluding hydrogens is 361 g/mol. The van der Waals surface area contributed by atoms with Crippen molar-refractivity contribution < 1.29 is 23.0 Å². The molecule has 1 aliphatic rings. The number of benzene rings is 1. The number of aliphatic hydroxyl groups is 1. The van der Waals surface area contributed by atoms with Gasteiger partial charge in [0, 0.05) is 31.4 Å². The first kappa shape index (κ1) is 19.2. The normalized spacial score (nSPS) is 14.0. The van der Waals surface area contributed by atoms with E-state index < -0.39 is 6.36 Å². The van der Waals surface area contributed by atoms with Crippen molar-refractivity contribution in [1.82, 2.24) is 9.97 Å². The van der Waals surface area contributed by atoms with Gasteiger partial charge in [-0.3, -0.25) is 0 Å². The molecule has 2 N–H and O–H groups in total. The Hall–Kier alpha value is -2.55. The van der Waals surface area contributed by atoms with Gasteiger partial charge >= 0.3 is 6.36 Å². The molecule has 9 heteroatoms. The van der Waals surface area contributed by atoms with E-state index in [0.29, 0.717) is 32.0 Å². The summed E-state index contributed by atoms with van der Waals surface area (Å²) in [7, 11) is 0. The minimum absolute atomic E-state index is 0.0194. The van der Waals surface area contributed by atoms with Gasteiger partial charge in [-0.15, -0.1) is 13.2 Å². The first-order valence-corrected chi connectivity index (χ1v) is 8.73. The number of hydrogen-bond donors (Lipinski definition) is 2. The number of rotatable bonds is 6. The van der Waals surface area contributed by atoms with E-state index in [-0.39, 0.29) is 12.4 Å². The quantitative estimate of drug-likeness (QED) is 0.801. The van der Waals surface area contributed by atoms with Crippen LogP contribution in [0, 0.1) is 0 Å². The molecule has 1 aliphatic heterocycles. The van der Waals surface area contributed by atoms with E-state index in [2.05, 4.69) is 24.9 Å². The van der Waals surface area contributed by atoms with Crippen LogP contribution < -0.4 is 15.0 Å². The summed E-state index contributed by atoms with van der Waals surface area (Å²) in [6, 6.07) is 6.36. The lowest BCUT2D eigenvalue weighted by atomic mass is 9.99. The number of halogens is 3. The zero-order chi connectivity index (χ0) is 19.4. The maximum Gasteiger partial charge on any atom is 0.573 e. The van der Waals surface area contributed by atoms with Crippen molar-refractivity contribution in [3.05, 3.63) is 41.1 Å².